The van der Waals surface area contributed by atoms with Gasteiger partial charge < -0.3 is 9.57 Å². The lowest BCUT2D eigenvalue weighted by molar-refractivity contribution is -0.385. The molecule has 0 bridgehead atoms. The fourth-order valence-electron chi connectivity index (χ4n) is 1.37. The molecule has 1 rings (SSSR count). The molecule has 0 aliphatic heterocycles. The molecule has 0 atom stereocenters. The van der Waals surface area contributed by atoms with Crippen molar-refractivity contribution in [2.45, 2.75) is 26.2 Å². The zero-order valence-corrected chi connectivity index (χ0v) is 9.72. The summed E-state index contributed by atoms with van der Waals surface area (Å²) >= 11 is 0. The van der Waals surface area contributed by atoms with Crippen molar-refractivity contribution >= 4 is 5.69 Å². The fraction of sp³-hybridized carbons (Fsp3) is 0.455. The molecule has 0 heterocycles. The lowest BCUT2D eigenvalue weighted by Gasteiger charge is -2.07. The van der Waals surface area contributed by atoms with E-state index in [1.807, 2.05) is 0 Å². The highest BCUT2D eigenvalue weighted by Gasteiger charge is 2.15. The van der Waals surface area contributed by atoms with Crippen molar-refractivity contribution in [3.63, 3.8) is 0 Å². The van der Waals surface area contributed by atoms with E-state index in [1.54, 1.807) is 0 Å². The summed E-state index contributed by atoms with van der Waals surface area (Å²) in [5.41, 5.74) is -0.0812. The van der Waals surface area contributed by atoms with Crippen LogP contribution in [0.25, 0.3) is 0 Å². The van der Waals surface area contributed by atoms with Gasteiger partial charge in [-0.05, 0) is 12.5 Å². The molecule has 6 nitrogen and oxygen atoms in total. The van der Waals surface area contributed by atoms with Gasteiger partial charge in [-0.25, -0.2) is 0 Å². The van der Waals surface area contributed by atoms with Crippen LogP contribution in [0.5, 0.6) is 11.5 Å². The number of nitrogens with zero attached hydrogens (tertiary/aromatic N) is 1. The van der Waals surface area contributed by atoms with Crippen molar-refractivity contribution in [1.29, 1.82) is 0 Å². The van der Waals surface area contributed by atoms with Gasteiger partial charge in [-0.2, -0.15) is 5.90 Å². The first kappa shape index (κ1) is 13.2. The largest absolute Gasteiger partial charge is 0.487 e. The van der Waals surface area contributed by atoms with Crippen molar-refractivity contribution in [2.24, 2.45) is 5.90 Å². The van der Waals surface area contributed by atoms with Crippen LogP contribution in [0, 0.1) is 10.1 Å². The van der Waals surface area contributed by atoms with E-state index in [4.69, 9.17) is 10.6 Å². The minimum Gasteiger partial charge on any atom is -0.487 e. The molecule has 0 aliphatic carbocycles. The molecule has 0 aromatic heterocycles. The maximum absolute atomic E-state index is 10.8. The number of nitrogens with two attached hydrogens (primary N) is 1. The number of nitro groups is 1. The fourth-order valence-corrected chi connectivity index (χ4v) is 1.37. The molecular formula is C11H16N2O4. The Morgan fingerprint density at radius 1 is 1.41 bits per heavy atom. The number of nitro benzene ring substituents is 1. The molecule has 1 aromatic carbocycles. The Kier molecular flexibility index (Phi) is 5.22. The van der Waals surface area contributed by atoms with E-state index in [0.717, 1.165) is 19.3 Å². The molecule has 0 saturated heterocycles. The Morgan fingerprint density at radius 2 is 2.18 bits per heavy atom. The quantitative estimate of drug-likeness (QED) is 0.449. The lowest BCUT2D eigenvalue weighted by Crippen LogP contribution is -2.04. The van der Waals surface area contributed by atoms with Crippen LogP contribution >= 0.6 is 0 Å². The maximum atomic E-state index is 10.8. The van der Waals surface area contributed by atoms with Crippen molar-refractivity contribution in [3.05, 3.63) is 28.3 Å². The summed E-state index contributed by atoms with van der Waals surface area (Å²) in [7, 11) is 0. The van der Waals surface area contributed by atoms with Crippen LogP contribution in [0.2, 0.25) is 0 Å². The summed E-state index contributed by atoms with van der Waals surface area (Å²) < 4.78 is 5.37. The molecule has 0 amide bonds. The number of unbranched alkanes of at least 4 members (excludes halogenated alkanes) is 2. The van der Waals surface area contributed by atoms with Gasteiger partial charge in [-0.15, -0.1) is 0 Å². The highest BCUT2D eigenvalue weighted by Crippen LogP contribution is 2.30. The number of ether oxygens (including phenoxy) is 1. The van der Waals surface area contributed by atoms with Crippen LogP contribution in [0.15, 0.2) is 18.2 Å². The van der Waals surface area contributed by atoms with Gasteiger partial charge in [0.25, 0.3) is 0 Å². The average molecular weight is 240 g/mol. The predicted molar refractivity (Wildman–Crippen MR) is 62.9 cm³/mol. The summed E-state index contributed by atoms with van der Waals surface area (Å²) in [6.45, 7) is 2.52. The van der Waals surface area contributed by atoms with Gasteiger partial charge in [-0.3, -0.25) is 10.1 Å². The van der Waals surface area contributed by atoms with E-state index in [9.17, 15) is 10.1 Å². The van der Waals surface area contributed by atoms with E-state index in [2.05, 4.69) is 11.8 Å². The van der Waals surface area contributed by atoms with Gasteiger partial charge in [0.2, 0.25) is 5.75 Å². The summed E-state index contributed by atoms with van der Waals surface area (Å²) in [4.78, 5) is 14.8. The van der Waals surface area contributed by atoms with Crippen LogP contribution in [0.3, 0.4) is 0 Å². The third-order valence-electron chi connectivity index (χ3n) is 2.27. The van der Waals surface area contributed by atoms with Crippen molar-refractivity contribution in [2.75, 3.05) is 6.61 Å². The minimum absolute atomic E-state index is 0.0812. The van der Waals surface area contributed by atoms with Crippen LogP contribution in [-0.4, -0.2) is 11.5 Å². The molecular weight excluding hydrogens is 224 g/mol. The van der Waals surface area contributed by atoms with Crippen LogP contribution in [0.1, 0.15) is 26.2 Å². The zero-order valence-electron chi connectivity index (χ0n) is 9.72. The Balaban J connectivity index is 2.75. The molecule has 0 aliphatic rings. The van der Waals surface area contributed by atoms with Gasteiger partial charge in [0.15, 0.2) is 5.75 Å². The third kappa shape index (κ3) is 3.92. The minimum atomic E-state index is -0.491. The Morgan fingerprint density at radius 3 is 2.76 bits per heavy atom. The standard InChI is InChI=1S/C11H16N2O4/c1-2-3-4-7-16-11-8-9(17-12)5-6-10(11)13(14)15/h5-6,8H,2-4,7,12H2,1H3. The molecule has 17 heavy (non-hydrogen) atoms. The molecule has 2 N–H and O–H groups in total. The molecule has 0 spiro atoms. The highest BCUT2D eigenvalue weighted by molar-refractivity contribution is 5.50. The molecule has 0 saturated carbocycles. The number of rotatable bonds is 7. The summed E-state index contributed by atoms with van der Waals surface area (Å²) in [6.07, 6.45) is 2.96. The van der Waals surface area contributed by atoms with Crippen LogP contribution in [0.4, 0.5) is 5.69 Å². The van der Waals surface area contributed by atoms with Gasteiger partial charge >= 0.3 is 5.69 Å². The average Bonchev–Trinajstić information content (AvgIpc) is 2.34. The number of benzene rings is 1. The Hall–Kier alpha value is -1.82. The van der Waals surface area contributed by atoms with E-state index in [-0.39, 0.29) is 11.4 Å². The molecule has 94 valence electrons. The van der Waals surface area contributed by atoms with E-state index in [1.165, 1.54) is 18.2 Å². The second kappa shape index (κ2) is 6.70. The van der Waals surface area contributed by atoms with Crippen molar-refractivity contribution in [1.82, 2.24) is 0 Å². The molecule has 6 heteroatoms. The normalized spacial score (nSPS) is 10.0. The summed E-state index contributed by atoms with van der Waals surface area (Å²) in [6, 6.07) is 4.17. The second-order valence-corrected chi connectivity index (χ2v) is 3.56. The molecule has 1 aromatic rings. The first-order valence-corrected chi connectivity index (χ1v) is 5.47. The first-order chi connectivity index (χ1) is 8.19. The number of hydrogen-bond donors (Lipinski definition) is 1. The molecule has 0 radical (unpaired) electrons. The Bertz CT molecular complexity index is 382. The summed E-state index contributed by atoms with van der Waals surface area (Å²) in [5, 5.41) is 10.8. The van der Waals surface area contributed by atoms with Gasteiger partial charge in [0, 0.05) is 12.1 Å². The van der Waals surface area contributed by atoms with E-state index < -0.39 is 4.92 Å². The Labute approximate surface area is 99.4 Å². The zero-order chi connectivity index (χ0) is 12.7. The smallest absolute Gasteiger partial charge is 0.311 e. The topological polar surface area (TPSA) is 87.6 Å². The number of hydrogen-bond acceptors (Lipinski definition) is 5. The molecule has 0 unspecified atom stereocenters. The van der Waals surface area contributed by atoms with Gasteiger partial charge in [-0.1, -0.05) is 19.8 Å². The monoisotopic (exact) mass is 240 g/mol. The molecule has 0 fully saturated rings. The second-order valence-electron chi connectivity index (χ2n) is 3.56. The first-order valence-electron chi connectivity index (χ1n) is 5.47. The van der Waals surface area contributed by atoms with Gasteiger partial charge in [0.05, 0.1) is 11.5 Å². The highest BCUT2D eigenvalue weighted by atomic mass is 16.6. The SMILES string of the molecule is CCCCCOc1cc(ON)ccc1[N+](=O)[O-]. The predicted octanol–water partition coefficient (Wildman–Crippen LogP) is 2.42. The van der Waals surface area contributed by atoms with Crippen LogP contribution < -0.4 is 15.5 Å². The van der Waals surface area contributed by atoms with Crippen molar-refractivity contribution in [3.8, 4) is 11.5 Å². The maximum Gasteiger partial charge on any atom is 0.311 e. The third-order valence-corrected chi connectivity index (χ3v) is 2.27. The van der Waals surface area contributed by atoms with E-state index >= 15 is 0 Å². The van der Waals surface area contributed by atoms with Crippen LogP contribution in [-0.2, 0) is 0 Å². The van der Waals surface area contributed by atoms with Crippen molar-refractivity contribution < 1.29 is 14.5 Å². The lowest BCUT2D eigenvalue weighted by atomic mass is 10.2. The summed E-state index contributed by atoms with van der Waals surface area (Å²) in [5.74, 6) is 5.52. The van der Waals surface area contributed by atoms with E-state index in [0.29, 0.717) is 12.4 Å². The van der Waals surface area contributed by atoms with Gasteiger partial charge in [0.1, 0.15) is 0 Å².